The van der Waals surface area contributed by atoms with Crippen molar-refractivity contribution in [3.05, 3.63) is 42.0 Å². The molecular weight excluding hydrogens is 326 g/mol. The number of carbonyl (C=O) groups excluding carboxylic acids is 1. The molecule has 0 aromatic heterocycles. The van der Waals surface area contributed by atoms with Gasteiger partial charge in [-0.3, -0.25) is 4.79 Å². The minimum atomic E-state index is -0.316. The van der Waals surface area contributed by atoms with Gasteiger partial charge < -0.3 is 14.8 Å². The van der Waals surface area contributed by atoms with E-state index in [2.05, 4.69) is 35.6 Å². The van der Waals surface area contributed by atoms with E-state index in [1.54, 1.807) is 7.11 Å². The SMILES string of the molecule is CCOC(=O)C1(CCCc2cccc3ccc(OC)cc23)CCNCC1. The molecule has 2 aromatic carbocycles. The molecule has 140 valence electrons. The van der Waals surface area contributed by atoms with Crippen LogP contribution in [-0.2, 0) is 16.0 Å². The minimum Gasteiger partial charge on any atom is -0.497 e. The fraction of sp³-hybridized carbons (Fsp3) is 0.500. The Morgan fingerprint density at radius 3 is 2.73 bits per heavy atom. The molecule has 4 heteroatoms. The van der Waals surface area contributed by atoms with Crippen LogP contribution in [0.15, 0.2) is 36.4 Å². The van der Waals surface area contributed by atoms with Crippen LogP contribution < -0.4 is 10.1 Å². The highest BCUT2D eigenvalue weighted by Crippen LogP contribution is 2.36. The van der Waals surface area contributed by atoms with E-state index in [0.717, 1.165) is 50.9 Å². The number of nitrogens with one attached hydrogen (secondary N) is 1. The largest absolute Gasteiger partial charge is 0.497 e. The van der Waals surface area contributed by atoms with Crippen LogP contribution in [0.1, 0.15) is 38.2 Å². The van der Waals surface area contributed by atoms with E-state index < -0.39 is 0 Å². The van der Waals surface area contributed by atoms with E-state index in [4.69, 9.17) is 9.47 Å². The number of benzene rings is 2. The van der Waals surface area contributed by atoms with Crippen molar-refractivity contribution in [3.63, 3.8) is 0 Å². The number of fused-ring (bicyclic) bond motifs is 1. The number of hydrogen-bond acceptors (Lipinski definition) is 4. The van der Waals surface area contributed by atoms with Gasteiger partial charge in [-0.05, 0) is 80.6 Å². The molecule has 26 heavy (non-hydrogen) atoms. The molecule has 0 atom stereocenters. The Labute approximate surface area is 155 Å². The van der Waals surface area contributed by atoms with E-state index in [1.165, 1.54) is 16.3 Å². The Hall–Kier alpha value is -2.07. The van der Waals surface area contributed by atoms with Gasteiger partial charge in [-0.25, -0.2) is 0 Å². The molecule has 0 aliphatic carbocycles. The van der Waals surface area contributed by atoms with Gasteiger partial charge in [0.05, 0.1) is 19.1 Å². The van der Waals surface area contributed by atoms with Crippen LogP contribution in [0.4, 0.5) is 0 Å². The zero-order chi connectivity index (χ0) is 18.4. The highest BCUT2D eigenvalue weighted by molar-refractivity contribution is 5.87. The summed E-state index contributed by atoms with van der Waals surface area (Å²) in [5.74, 6) is 0.868. The lowest BCUT2D eigenvalue weighted by Crippen LogP contribution is -2.43. The lowest BCUT2D eigenvalue weighted by Gasteiger charge is -2.35. The fourth-order valence-corrected chi connectivity index (χ4v) is 4.02. The van der Waals surface area contributed by atoms with Crippen molar-refractivity contribution in [2.45, 2.75) is 39.0 Å². The zero-order valence-corrected chi connectivity index (χ0v) is 15.8. The highest BCUT2D eigenvalue weighted by Gasteiger charge is 2.40. The topological polar surface area (TPSA) is 47.6 Å². The first kappa shape index (κ1) is 18.7. The Morgan fingerprint density at radius 2 is 2.00 bits per heavy atom. The molecule has 0 unspecified atom stereocenters. The summed E-state index contributed by atoms with van der Waals surface area (Å²) in [6.07, 6.45) is 4.56. The second-order valence-electron chi connectivity index (χ2n) is 7.11. The molecule has 1 fully saturated rings. The number of carbonyl (C=O) groups is 1. The van der Waals surface area contributed by atoms with Gasteiger partial charge in [0.1, 0.15) is 5.75 Å². The number of rotatable bonds is 7. The van der Waals surface area contributed by atoms with Crippen molar-refractivity contribution in [2.24, 2.45) is 5.41 Å². The maximum atomic E-state index is 12.6. The molecule has 0 saturated carbocycles. The number of methoxy groups -OCH3 is 1. The first-order chi connectivity index (χ1) is 12.7. The number of piperidine rings is 1. The third kappa shape index (κ3) is 4.01. The van der Waals surface area contributed by atoms with Gasteiger partial charge in [-0.15, -0.1) is 0 Å². The van der Waals surface area contributed by atoms with E-state index in [-0.39, 0.29) is 11.4 Å². The maximum absolute atomic E-state index is 12.6. The van der Waals surface area contributed by atoms with Gasteiger partial charge >= 0.3 is 5.97 Å². The van der Waals surface area contributed by atoms with E-state index in [1.807, 2.05) is 13.0 Å². The van der Waals surface area contributed by atoms with Crippen molar-refractivity contribution in [2.75, 3.05) is 26.8 Å². The predicted molar refractivity (Wildman–Crippen MR) is 105 cm³/mol. The molecule has 1 saturated heterocycles. The van der Waals surface area contributed by atoms with Crippen molar-refractivity contribution in [3.8, 4) is 5.75 Å². The quantitative estimate of drug-likeness (QED) is 0.760. The van der Waals surface area contributed by atoms with Gasteiger partial charge in [0.2, 0.25) is 0 Å². The van der Waals surface area contributed by atoms with Crippen LogP contribution in [0.3, 0.4) is 0 Å². The summed E-state index contributed by atoms with van der Waals surface area (Å²) in [5, 5.41) is 5.83. The van der Waals surface area contributed by atoms with Crippen molar-refractivity contribution in [1.82, 2.24) is 5.32 Å². The van der Waals surface area contributed by atoms with E-state index >= 15 is 0 Å². The summed E-state index contributed by atoms with van der Waals surface area (Å²) < 4.78 is 10.8. The van der Waals surface area contributed by atoms with Crippen LogP contribution in [0.5, 0.6) is 5.75 Å². The molecule has 0 spiro atoms. The fourth-order valence-electron chi connectivity index (χ4n) is 4.02. The molecule has 1 aliphatic heterocycles. The smallest absolute Gasteiger partial charge is 0.312 e. The molecule has 0 bridgehead atoms. The first-order valence-corrected chi connectivity index (χ1v) is 9.62. The maximum Gasteiger partial charge on any atom is 0.312 e. The van der Waals surface area contributed by atoms with Crippen LogP contribution in [-0.4, -0.2) is 32.8 Å². The lowest BCUT2D eigenvalue weighted by molar-refractivity contribution is -0.157. The van der Waals surface area contributed by atoms with Gasteiger partial charge in [-0.2, -0.15) is 0 Å². The third-order valence-corrected chi connectivity index (χ3v) is 5.55. The lowest BCUT2D eigenvalue weighted by atomic mass is 9.74. The summed E-state index contributed by atoms with van der Waals surface area (Å²) in [6.45, 7) is 4.13. The Kier molecular flexibility index (Phi) is 6.15. The number of esters is 1. The molecule has 0 radical (unpaired) electrons. The van der Waals surface area contributed by atoms with Gasteiger partial charge in [0.25, 0.3) is 0 Å². The number of hydrogen-bond donors (Lipinski definition) is 1. The molecule has 1 aliphatic rings. The summed E-state index contributed by atoms with van der Waals surface area (Å²) in [6, 6.07) is 12.6. The summed E-state index contributed by atoms with van der Waals surface area (Å²) in [5.41, 5.74) is 0.998. The minimum absolute atomic E-state index is 0.0129. The Bertz CT molecular complexity index is 750. The van der Waals surface area contributed by atoms with Crippen molar-refractivity contribution in [1.29, 1.82) is 0 Å². The Morgan fingerprint density at radius 1 is 1.19 bits per heavy atom. The monoisotopic (exact) mass is 355 g/mol. The molecule has 4 nitrogen and oxygen atoms in total. The van der Waals surface area contributed by atoms with E-state index in [9.17, 15) is 4.79 Å². The standard InChI is InChI=1S/C22H29NO3/c1-3-26-21(24)22(12-14-23-15-13-22)11-5-8-17-6-4-7-18-9-10-19(25-2)16-20(17)18/h4,6-7,9-10,16,23H,3,5,8,11-15H2,1-2H3. The second-order valence-corrected chi connectivity index (χ2v) is 7.11. The average Bonchev–Trinajstić information content (AvgIpc) is 2.68. The summed E-state index contributed by atoms with van der Waals surface area (Å²) >= 11 is 0. The third-order valence-electron chi connectivity index (χ3n) is 5.55. The average molecular weight is 355 g/mol. The number of ether oxygens (including phenoxy) is 2. The first-order valence-electron chi connectivity index (χ1n) is 9.62. The van der Waals surface area contributed by atoms with Crippen molar-refractivity contribution < 1.29 is 14.3 Å². The van der Waals surface area contributed by atoms with Crippen LogP contribution >= 0.6 is 0 Å². The molecule has 2 aromatic rings. The second kappa shape index (κ2) is 8.54. The van der Waals surface area contributed by atoms with Crippen LogP contribution in [0.25, 0.3) is 10.8 Å². The Balaban J connectivity index is 1.73. The van der Waals surface area contributed by atoms with Gasteiger partial charge in [0, 0.05) is 0 Å². The van der Waals surface area contributed by atoms with Gasteiger partial charge in [0.15, 0.2) is 0 Å². The van der Waals surface area contributed by atoms with E-state index in [0.29, 0.717) is 6.61 Å². The predicted octanol–water partition coefficient (Wildman–Crippen LogP) is 4.10. The van der Waals surface area contributed by atoms with Crippen molar-refractivity contribution >= 4 is 16.7 Å². The van der Waals surface area contributed by atoms with Gasteiger partial charge in [-0.1, -0.05) is 24.3 Å². The highest BCUT2D eigenvalue weighted by atomic mass is 16.5. The molecule has 1 N–H and O–H groups in total. The molecule has 3 rings (SSSR count). The summed E-state index contributed by atoms with van der Waals surface area (Å²) in [4.78, 5) is 12.6. The van der Waals surface area contributed by atoms with Crippen LogP contribution in [0.2, 0.25) is 0 Å². The summed E-state index contributed by atoms with van der Waals surface area (Å²) in [7, 11) is 1.70. The molecule has 1 heterocycles. The van der Waals surface area contributed by atoms with Crippen LogP contribution in [0, 0.1) is 5.41 Å². The zero-order valence-electron chi connectivity index (χ0n) is 15.8. The molecule has 0 amide bonds. The number of aryl methyl sites for hydroxylation is 1. The molecular formula is C22H29NO3. The normalized spacial score (nSPS) is 16.4.